The predicted molar refractivity (Wildman–Crippen MR) is 83.3 cm³/mol. The fourth-order valence-electron chi connectivity index (χ4n) is 2.80. The highest BCUT2D eigenvalue weighted by Gasteiger charge is 2.42. The molecule has 0 bridgehead atoms. The molecule has 0 aromatic heterocycles. The van der Waals surface area contributed by atoms with Crippen molar-refractivity contribution < 1.29 is 9.53 Å². The minimum absolute atomic E-state index is 0.0436. The van der Waals surface area contributed by atoms with Gasteiger partial charge in [0.2, 0.25) is 0 Å². The number of carbonyl (C=O) groups excluding carboxylic acids is 1. The van der Waals surface area contributed by atoms with E-state index < -0.39 is 5.91 Å². The van der Waals surface area contributed by atoms with Crippen LogP contribution in [0.2, 0.25) is 0 Å². The lowest BCUT2D eigenvalue weighted by Gasteiger charge is -2.39. The first-order valence-corrected chi connectivity index (χ1v) is 7.73. The van der Waals surface area contributed by atoms with Crippen LogP contribution in [0.3, 0.4) is 0 Å². The van der Waals surface area contributed by atoms with Gasteiger partial charge in [0.25, 0.3) is 5.91 Å². The molecule has 1 heterocycles. The maximum absolute atomic E-state index is 11.5. The lowest BCUT2D eigenvalue weighted by molar-refractivity contribution is 0.0781. The zero-order valence-corrected chi connectivity index (χ0v) is 13.7. The van der Waals surface area contributed by atoms with E-state index in [4.69, 9.17) is 10.5 Å². The molecular weight excluding hydrogens is 320 g/mol. The summed E-state index contributed by atoms with van der Waals surface area (Å²) in [4.78, 5) is 13.8. The second-order valence-electron chi connectivity index (χ2n) is 5.16. The molecule has 0 spiro atoms. The van der Waals surface area contributed by atoms with Crippen molar-refractivity contribution in [2.75, 3.05) is 13.1 Å². The second-order valence-corrected chi connectivity index (χ2v) is 6.77. The van der Waals surface area contributed by atoms with Gasteiger partial charge in [-0.15, -0.1) is 0 Å². The Kier molecular flexibility index (Phi) is 4.39. The van der Waals surface area contributed by atoms with Gasteiger partial charge >= 0.3 is 0 Å². The van der Waals surface area contributed by atoms with Crippen LogP contribution in [0.1, 0.15) is 36.7 Å². The number of hydrogen-bond acceptors (Lipinski definition) is 3. The Bertz CT molecular complexity index is 513. The van der Waals surface area contributed by atoms with Gasteiger partial charge in [-0.3, -0.25) is 9.69 Å². The molecule has 2 atom stereocenters. The number of nitrogens with zero attached hydrogens (tertiary/aromatic N) is 1. The number of primary amides is 1. The molecule has 1 aliphatic heterocycles. The van der Waals surface area contributed by atoms with Crippen molar-refractivity contribution in [3.05, 3.63) is 29.3 Å². The van der Waals surface area contributed by atoms with E-state index in [0.29, 0.717) is 11.3 Å². The quantitative estimate of drug-likeness (QED) is 0.661. The Morgan fingerprint density at radius 3 is 2.70 bits per heavy atom. The average molecular weight is 341 g/mol. The van der Waals surface area contributed by atoms with Crippen molar-refractivity contribution in [3.8, 4) is 5.75 Å². The van der Waals surface area contributed by atoms with E-state index in [9.17, 15) is 4.79 Å². The molecule has 4 nitrogen and oxygen atoms in total. The summed E-state index contributed by atoms with van der Waals surface area (Å²) in [6.45, 7) is 8.22. The van der Waals surface area contributed by atoms with Gasteiger partial charge in [-0.1, -0.05) is 41.9 Å². The first-order chi connectivity index (χ1) is 9.41. The molecule has 1 aromatic carbocycles. The van der Waals surface area contributed by atoms with Crippen molar-refractivity contribution >= 4 is 21.8 Å². The molecule has 0 saturated heterocycles. The van der Waals surface area contributed by atoms with Crippen LogP contribution in [0.15, 0.2) is 18.2 Å². The number of nitrogens with two attached hydrogens (primary N) is 1. The number of carbonyl (C=O) groups is 1. The van der Waals surface area contributed by atoms with Crippen molar-refractivity contribution in [2.45, 2.75) is 37.7 Å². The molecule has 0 radical (unpaired) electrons. The lowest BCUT2D eigenvalue weighted by Crippen LogP contribution is -2.51. The molecule has 2 rings (SSSR count). The number of para-hydroxylation sites is 1. The molecule has 1 aromatic rings. The third-order valence-corrected chi connectivity index (χ3v) is 5.01. The second kappa shape index (κ2) is 5.74. The van der Waals surface area contributed by atoms with Crippen molar-refractivity contribution in [1.82, 2.24) is 4.90 Å². The Morgan fingerprint density at radius 1 is 1.50 bits per heavy atom. The van der Waals surface area contributed by atoms with E-state index in [2.05, 4.69) is 41.6 Å². The number of alkyl halides is 1. The zero-order valence-electron chi connectivity index (χ0n) is 12.1. The van der Waals surface area contributed by atoms with Crippen molar-refractivity contribution in [2.24, 2.45) is 5.73 Å². The van der Waals surface area contributed by atoms with Gasteiger partial charge in [-0.05, 0) is 31.6 Å². The van der Waals surface area contributed by atoms with Crippen LogP contribution < -0.4 is 10.5 Å². The summed E-state index contributed by atoms with van der Waals surface area (Å²) in [6, 6.07) is 5.56. The van der Waals surface area contributed by atoms with Crippen LogP contribution in [0.5, 0.6) is 5.75 Å². The van der Waals surface area contributed by atoms with Crippen LogP contribution in [-0.2, 0) is 6.42 Å². The number of ether oxygens (including phenoxy) is 1. The number of fused-ring (bicyclic) bond motifs is 1. The van der Waals surface area contributed by atoms with Gasteiger partial charge in [0.05, 0.1) is 5.56 Å². The standard InChI is InChI=1S/C15H21BrN2O2/c1-4-18(5-2)15(3,16)12-9-10-7-6-8-11(14(17)19)13(10)20-12/h6-8,12H,4-5,9H2,1-3H3,(H2,17,19). The van der Waals surface area contributed by atoms with Gasteiger partial charge in [-0.25, -0.2) is 0 Å². The van der Waals surface area contributed by atoms with Gasteiger partial charge in [0, 0.05) is 6.42 Å². The number of amides is 1. The topological polar surface area (TPSA) is 55.6 Å². The average Bonchev–Trinajstić information content (AvgIpc) is 2.83. The smallest absolute Gasteiger partial charge is 0.252 e. The fraction of sp³-hybridized carbons (Fsp3) is 0.533. The molecule has 1 amide bonds. The number of benzene rings is 1. The van der Waals surface area contributed by atoms with E-state index in [-0.39, 0.29) is 10.6 Å². The monoisotopic (exact) mass is 340 g/mol. The Morgan fingerprint density at radius 2 is 2.15 bits per heavy atom. The van der Waals surface area contributed by atoms with Crippen molar-refractivity contribution in [3.63, 3.8) is 0 Å². The SMILES string of the molecule is CCN(CC)C(C)(Br)C1Cc2cccc(C(N)=O)c2O1. The molecule has 2 unspecified atom stereocenters. The van der Waals surface area contributed by atoms with Crippen LogP contribution in [0.4, 0.5) is 0 Å². The summed E-state index contributed by atoms with van der Waals surface area (Å²) < 4.78 is 5.79. The number of likely N-dealkylation sites (N-methyl/N-ethyl adjacent to an activating group) is 1. The van der Waals surface area contributed by atoms with E-state index in [0.717, 1.165) is 25.1 Å². The summed E-state index contributed by atoms with van der Waals surface area (Å²) in [5, 5.41) is 0. The Labute approximate surface area is 128 Å². The summed E-state index contributed by atoms with van der Waals surface area (Å²) >= 11 is 3.80. The third kappa shape index (κ3) is 2.56. The van der Waals surface area contributed by atoms with Crippen LogP contribution in [-0.4, -0.2) is 34.4 Å². The highest BCUT2D eigenvalue weighted by molar-refractivity contribution is 9.10. The summed E-state index contributed by atoms with van der Waals surface area (Å²) in [7, 11) is 0. The lowest BCUT2D eigenvalue weighted by atomic mass is 10.0. The maximum atomic E-state index is 11.5. The first kappa shape index (κ1) is 15.3. The zero-order chi connectivity index (χ0) is 14.9. The van der Waals surface area contributed by atoms with Gasteiger partial charge < -0.3 is 10.5 Å². The van der Waals surface area contributed by atoms with E-state index in [1.54, 1.807) is 6.07 Å². The van der Waals surface area contributed by atoms with Crippen LogP contribution in [0.25, 0.3) is 0 Å². The van der Waals surface area contributed by atoms with Gasteiger partial charge in [0.15, 0.2) is 0 Å². The molecule has 0 aliphatic carbocycles. The number of rotatable bonds is 5. The highest BCUT2D eigenvalue weighted by atomic mass is 79.9. The first-order valence-electron chi connectivity index (χ1n) is 6.94. The number of halogens is 1. The van der Waals surface area contributed by atoms with E-state index >= 15 is 0 Å². The minimum atomic E-state index is -0.443. The Hall–Kier alpha value is -1.07. The van der Waals surface area contributed by atoms with Crippen LogP contribution in [0, 0.1) is 0 Å². The minimum Gasteiger partial charge on any atom is -0.486 e. The highest BCUT2D eigenvalue weighted by Crippen LogP contribution is 2.40. The third-order valence-electron chi connectivity index (χ3n) is 4.00. The summed E-state index contributed by atoms with van der Waals surface area (Å²) in [5.41, 5.74) is 6.92. The Balaban J connectivity index is 2.29. The summed E-state index contributed by atoms with van der Waals surface area (Å²) in [5.74, 6) is 0.199. The maximum Gasteiger partial charge on any atom is 0.252 e. The van der Waals surface area contributed by atoms with Gasteiger partial charge in [-0.2, -0.15) is 0 Å². The predicted octanol–water partition coefficient (Wildman–Crippen LogP) is 2.54. The van der Waals surface area contributed by atoms with Crippen molar-refractivity contribution in [1.29, 1.82) is 0 Å². The molecule has 20 heavy (non-hydrogen) atoms. The molecule has 0 fully saturated rings. The molecular formula is C15H21BrN2O2. The van der Waals surface area contributed by atoms with Crippen LogP contribution >= 0.6 is 15.9 Å². The fourth-order valence-corrected chi connectivity index (χ4v) is 3.56. The molecule has 110 valence electrons. The van der Waals surface area contributed by atoms with Gasteiger partial charge in [0.1, 0.15) is 16.3 Å². The number of hydrogen-bond donors (Lipinski definition) is 1. The molecule has 1 aliphatic rings. The molecule has 0 saturated carbocycles. The largest absolute Gasteiger partial charge is 0.486 e. The van der Waals surface area contributed by atoms with E-state index in [1.165, 1.54) is 0 Å². The summed E-state index contributed by atoms with van der Waals surface area (Å²) in [6.07, 6.45) is 0.729. The molecule has 5 heteroatoms. The normalized spacial score (nSPS) is 20.4. The molecule has 2 N–H and O–H groups in total. The van der Waals surface area contributed by atoms with E-state index in [1.807, 2.05) is 12.1 Å².